The molecule has 44 heavy (non-hydrogen) atoms. The minimum absolute atomic E-state index is 0.0172. The van der Waals surface area contributed by atoms with Gasteiger partial charge in [-0.2, -0.15) is 18.2 Å². The van der Waals surface area contributed by atoms with Gasteiger partial charge in [-0.3, -0.25) is 4.79 Å². The number of pyridine rings is 2. The number of rotatable bonds is 9. The average Bonchev–Trinajstić information content (AvgIpc) is 3.41. The van der Waals surface area contributed by atoms with Crippen LogP contribution in [0.3, 0.4) is 0 Å². The van der Waals surface area contributed by atoms with Gasteiger partial charge < -0.3 is 19.7 Å². The Bertz CT molecular complexity index is 1770. The van der Waals surface area contributed by atoms with E-state index in [-0.39, 0.29) is 27.7 Å². The van der Waals surface area contributed by atoms with Crippen LogP contribution in [0.2, 0.25) is 0 Å². The first-order valence-electron chi connectivity index (χ1n) is 13.8. The summed E-state index contributed by atoms with van der Waals surface area (Å²) in [7, 11) is -3.81. The number of sulfonamides is 1. The van der Waals surface area contributed by atoms with E-state index in [9.17, 15) is 22.0 Å². The Labute approximate surface area is 251 Å². The van der Waals surface area contributed by atoms with Gasteiger partial charge in [0, 0.05) is 32.4 Å². The fraction of sp³-hybridized carbons (Fsp3) is 0.407. The van der Waals surface area contributed by atoms with E-state index in [1.807, 2.05) is 13.0 Å². The topological polar surface area (TPSA) is 176 Å². The maximum absolute atomic E-state index is 13.5. The predicted molar refractivity (Wildman–Crippen MR) is 156 cm³/mol. The Hall–Kier alpha value is -4.35. The normalized spacial score (nSPS) is 14.4. The van der Waals surface area contributed by atoms with Crippen LogP contribution in [-0.4, -0.2) is 104 Å². The Morgan fingerprint density at radius 3 is 2.39 bits per heavy atom. The fourth-order valence-corrected chi connectivity index (χ4v) is 5.96. The molecule has 1 aliphatic rings. The van der Waals surface area contributed by atoms with Crippen molar-refractivity contribution in [1.82, 2.24) is 38.9 Å². The highest BCUT2D eigenvalue weighted by molar-refractivity contribution is 7.89. The minimum atomic E-state index is -3.81. The lowest BCUT2D eigenvalue weighted by Gasteiger charge is -2.33. The van der Waals surface area contributed by atoms with Crippen LogP contribution in [0.4, 0.5) is 8.78 Å². The van der Waals surface area contributed by atoms with Crippen LogP contribution in [0.5, 0.6) is 5.88 Å². The number of hydrogen-bond donors (Lipinski definition) is 2. The van der Waals surface area contributed by atoms with Crippen LogP contribution in [0.15, 0.2) is 46.3 Å². The predicted octanol–water partition coefficient (Wildman–Crippen LogP) is 2.19. The molecule has 1 aliphatic heterocycles. The molecule has 0 radical (unpaired) electrons. The first-order chi connectivity index (χ1) is 21.0. The second-order valence-corrected chi connectivity index (χ2v) is 11.4. The zero-order valence-electron chi connectivity index (χ0n) is 24.3. The summed E-state index contributed by atoms with van der Waals surface area (Å²) in [5.74, 6) is -1.17. The van der Waals surface area contributed by atoms with Gasteiger partial charge in [0.05, 0.1) is 24.1 Å². The molecule has 1 saturated heterocycles. The molecule has 0 amide bonds. The standard InChI is InChI=1S/C25H30N8O4S.C2H2F2O2/c1-4-19-21-22(30-33(19)20-9-7-8-10-26-20)24(34)29-23(28-21)18-15-17(16-27-25(18)37-6-3)38(35,36)32-13-11-31(5-2)12-14-32;3-1(4)2(5)6/h7-10,15-16H,4-6,11-14H2,1-3H3,(H,28,29,34);1H,(H,5,6). The maximum atomic E-state index is 13.5. The number of likely N-dealkylation sites (N-methyl/N-ethyl adjacent to an activating group) is 1. The lowest BCUT2D eigenvalue weighted by atomic mass is 10.2. The number of carbonyl (C=O) groups is 1. The van der Waals surface area contributed by atoms with Crippen molar-refractivity contribution in [3.63, 3.8) is 0 Å². The van der Waals surface area contributed by atoms with Gasteiger partial charge in [0.1, 0.15) is 16.2 Å². The third kappa shape index (κ3) is 6.89. The van der Waals surface area contributed by atoms with E-state index in [1.165, 1.54) is 16.6 Å². The van der Waals surface area contributed by atoms with Gasteiger partial charge in [-0.25, -0.2) is 32.8 Å². The van der Waals surface area contributed by atoms with Crippen molar-refractivity contribution in [2.24, 2.45) is 0 Å². The molecular formula is C27H32F2N8O6S. The van der Waals surface area contributed by atoms with Crippen molar-refractivity contribution >= 4 is 27.0 Å². The van der Waals surface area contributed by atoms with E-state index in [2.05, 4.69) is 31.9 Å². The Morgan fingerprint density at radius 2 is 1.82 bits per heavy atom. The van der Waals surface area contributed by atoms with Crippen LogP contribution in [0.25, 0.3) is 28.2 Å². The van der Waals surface area contributed by atoms with Crippen LogP contribution in [0, 0.1) is 0 Å². The molecule has 14 nitrogen and oxygen atoms in total. The van der Waals surface area contributed by atoms with E-state index in [0.717, 1.165) is 6.54 Å². The third-order valence-corrected chi connectivity index (χ3v) is 8.65. The molecule has 2 N–H and O–H groups in total. The second-order valence-electron chi connectivity index (χ2n) is 9.45. The molecule has 0 unspecified atom stereocenters. The molecule has 0 saturated carbocycles. The number of piperazine rings is 1. The first-order valence-corrected chi connectivity index (χ1v) is 15.3. The largest absolute Gasteiger partial charge is 0.477 e. The number of carboxylic acid groups (broad SMARTS) is 1. The maximum Gasteiger partial charge on any atom is 0.371 e. The molecule has 1 fully saturated rings. The van der Waals surface area contributed by atoms with Crippen molar-refractivity contribution in [3.8, 4) is 23.1 Å². The summed E-state index contributed by atoms with van der Waals surface area (Å²) in [6.45, 7) is 9.10. The number of carboxylic acids is 1. The molecule has 0 aromatic carbocycles. The minimum Gasteiger partial charge on any atom is -0.477 e. The van der Waals surface area contributed by atoms with Crippen molar-refractivity contribution in [3.05, 3.63) is 52.7 Å². The lowest BCUT2D eigenvalue weighted by Crippen LogP contribution is -2.48. The highest BCUT2D eigenvalue weighted by Crippen LogP contribution is 2.30. The van der Waals surface area contributed by atoms with E-state index >= 15 is 0 Å². The van der Waals surface area contributed by atoms with Gasteiger partial charge in [0.2, 0.25) is 15.9 Å². The molecule has 17 heteroatoms. The number of ether oxygens (including phenoxy) is 1. The zero-order valence-corrected chi connectivity index (χ0v) is 25.1. The number of nitrogens with one attached hydrogen (secondary N) is 1. The van der Waals surface area contributed by atoms with E-state index in [4.69, 9.17) is 19.6 Å². The van der Waals surface area contributed by atoms with Gasteiger partial charge in [0.15, 0.2) is 11.3 Å². The summed E-state index contributed by atoms with van der Waals surface area (Å²) in [6.07, 6.45) is 0.254. The Balaban J connectivity index is 0.000000670. The number of hydrogen-bond acceptors (Lipinski definition) is 10. The molecule has 0 bridgehead atoms. The Morgan fingerprint density at radius 1 is 1.11 bits per heavy atom. The van der Waals surface area contributed by atoms with Crippen molar-refractivity contribution in [2.45, 2.75) is 38.5 Å². The molecule has 0 aliphatic carbocycles. The molecule has 5 heterocycles. The van der Waals surface area contributed by atoms with Crippen molar-refractivity contribution < 1.29 is 31.8 Å². The third-order valence-electron chi connectivity index (χ3n) is 6.79. The van der Waals surface area contributed by atoms with E-state index < -0.39 is 28.0 Å². The molecule has 0 spiro atoms. The number of H-pyrrole nitrogens is 1. The highest BCUT2D eigenvalue weighted by atomic mass is 32.2. The summed E-state index contributed by atoms with van der Waals surface area (Å²) < 4.78 is 56.9. The van der Waals surface area contributed by atoms with Crippen LogP contribution >= 0.6 is 0 Å². The molecule has 4 aromatic rings. The smallest absolute Gasteiger partial charge is 0.371 e. The monoisotopic (exact) mass is 634 g/mol. The number of aromatic amines is 1. The van der Waals surface area contributed by atoms with Crippen LogP contribution in [0.1, 0.15) is 26.5 Å². The van der Waals surface area contributed by atoms with Gasteiger partial charge in [-0.1, -0.05) is 19.9 Å². The number of nitrogens with zero attached hydrogens (tertiary/aromatic N) is 7. The summed E-state index contributed by atoms with van der Waals surface area (Å²) in [4.78, 5) is 40.5. The summed E-state index contributed by atoms with van der Waals surface area (Å²) in [5, 5.41) is 11.7. The number of aliphatic carboxylic acids is 1. The van der Waals surface area contributed by atoms with Gasteiger partial charge in [0.25, 0.3) is 5.56 Å². The zero-order chi connectivity index (χ0) is 32.0. The quantitative estimate of drug-likeness (QED) is 0.276. The first kappa shape index (κ1) is 32.6. The molecular weight excluding hydrogens is 602 g/mol. The number of aromatic nitrogens is 6. The molecule has 5 rings (SSSR count). The van der Waals surface area contributed by atoms with Crippen molar-refractivity contribution in [1.29, 1.82) is 0 Å². The number of halogens is 2. The summed E-state index contributed by atoms with van der Waals surface area (Å²) in [5.41, 5.74) is 1.10. The number of alkyl halides is 2. The number of fused-ring (bicyclic) bond motifs is 1. The van der Waals surface area contributed by atoms with Crippen LogP contribution in [-0.2, 0) is 21.2 Å². The van der Waals surface area contributed by atoms with Gasteiger partial charge >= 0.3 is 12.4 Å². The lowest BCUT2D eigenvalue weighted by molar-refractivity contribution is -0.149. The average molecular weight is 635 g/mol. The van der Waals surface area contributed by atoms with Crippen LogP contribution < -0.4 is 10.3 Å². The van der Waals surface area contributed by atoms with Crippen molar-refractivity contribution in [2.75, 3.05) is 39.3 Å². The van der Waals surface area contributed by atoms with Gasteiger partial charge in [-0.15, -0.1) is 0 Å². The molecule has 0 atom stereocenters. The summed E-state index contributed by atoms with van der Waals surface area (Å²) >= 11 is 0. The molecule has 236 valence electrons. The van der Waals surface area contributed by atoms with E-state index in [1.54, 1.807) is 29.9 Å². The van der Waals surface area contributed by atoms with Gasteiger partial charge in [-0.05, 0) is 38.1 Å². The second kappa shape index (κ2) is 14.0. The SMILES string of the molecule is CCOc1ncc(S(=O)(=O)N2CCN(CC)CC2)cc1-c1nc2c(CC)n(-c3ccccn3)nc2c(=O)[nH]1.O=C(O)C(F)F. The summed E-state index contributed by atoms with van der Waals surface area (Å²) in [6, 6.07) is 6.91. The highest BCUT2D eigenvalue weighted by Gasteiger charge is 2.30. The molecule has 4 aromatic heterocycles. The fourth-order valence-electron chi connectivity index (χ4n) is 4.57. The van der Waals surface area contributed by atoms with E-state index in [0.29, 0.717) is 56.2 Å². The number of aryl methyl sites for hydroxylation is 1. The Kier molecular flexibility index (Phi) is 10.3.